The molecule has 2 aromatic carbocycles. The molecule has 2 unspecified atom stereocenters. The molecule has 7 heteroatoms. The summed E-state index contributed by atoms with van der Waals surface area (Å²) in [4.78, 5) is 21.5. The molecule has 0 aliphatic heterocycles. The van der Waals surface area contributed by atoms with Gasteiger partial charge in [0.15, 0.2) is 5.78 Å². The molecule has 2 rings (SSSR count). The molecule has 0 spiro atoms. The molecule has 0 radical (unpaired) electrons. The topological polar surface area (TPSA) is 60.2 Å². The van der Waals surface area contributed by atoms with Gasteiger partial charge in [-0.15, -0.1) is 0 Å². The van der Waals surface area contributed by atoms with Crippen molar-refractivity contribution >= 4 is 43.3 Å². The van der Waals surface area contributed by atoms with Crippen molar-refractivity contribution in [2.24, 2.45) is 0 Å². The molecule has 2 atom stereocenters. The molecule has 0 saturated heterocycles. The molecule has 0 saturated carbocycles. The average Bonchev–Trinajstić information content (AvgIpc) is 2.53. The van der Waals surface area contributed by atoms with Crippen LogP contribution in [0.2, 0.25) is 0 Å². The highest BCUT2D eigenvalue weighted by Crippen LogP contribution is 2.34. The van der Waals surface area contributed by atoms with Gasteiger partial charge in [-0.2, -0.15) is 0 Å². The molecule has 22 heavy (non-hydrogen) atoms. The van der Waals surface area contributed by atoms with Gasteiger partial charge in [0, 0.05) is 17.7 Å². The number of halogens is 3. The van der Waals surface area contributed by atoms with E-state index in [1.165, 1.54) is 36.4 Å². The largest absolute Gasteiger partial charge is 0.293 e. The highest BCUT2D eigenvalue weighted by molar-refractivity contribution is 9.12. The third-order valence-corrected chi connectivity index (χ3v) is 5.77. The molecule has 2 aromatic rings. The number of benzene rings is 2. The second-order valence-corrected chi connectivity index (χ2v) is 6.50. The van der Waals surface area contributed by atoms with E-state index in [4.69, 9.17) is 0 Å². The van der Waals surface area contributed by atoms with E-state index in [1.54, 1.807) is 12.1 Å². The summed E-state index contributed by atoms with van der Waals surface area (Å²) in [5, 5.41) is 10.6. The first-order valence-electron chi connectivity index (χ1n) is 6.22. The summed E-state index contributed by atoms with van der Waals surface area (Å²) in [7, 11) is 0. The lowest BCUT2D eigenvalue weighted by atomic mass is 10.0. The number of hydrogen-bond acceptors (Lipinski definition) is 3. The van der Waals surface area contributed by atoms with Gasteiger partial charge >= 0.3 is 0 Å². The van der Waals surface area contributed by atoms with E-state index in [-0.39, 0.29) is 16.3 Å². The highest BCUT2D eigenvalue weighted by atomic mass is 79.9. The van der Waals surface area contributed by atoms with Crippen molar-refractivity contribution in [3.8, 4) is 0 Å². The molecule has 4 nitrogen and oxygen atoms in total. The minimum Gasteiger partial charge on any atom is -0.293 e. The molecule has 0 aromatic heterocycles. The van der Waals surface area contributed by atoms with E-state index in [1.807, 2.05) is 0 Å². The Morgan fingerprint density at radius 2 is 1.59 bits per heavy atom. The van der Waals surface area contributed by atoms with Crippen molar-refractivity contribution in [2.45, 2.75) is 9.65 Å². The maximum Gasteiger partial charge on any atom is 0.269 e. The number of Topliss-reactive ketones (excluding diaryl/α,β-unsaturated/α-hetero) is 1. The molecule has 0 bridgehead atoms. The Kier molecular flexibility index (Phi) is 5.42. The molecule has 0 amide bonds. The number of ketones is 1. The lowest BCUT2D eigenvalue weighted by molar-refractivity contribution is -0.384. The Morgan fingerprint density at radius 1 is 1.05 bits per heavy atom. The Morgan fingerprint density at radius 3 is 2.09 bits per heavy atom. The third-order valence-electron chi connectivity index (χ3n) is 3.06. The van der Waals surface area contributed by atoms with E-state index < -0.39 is 15.6 Å². The standard InChI is InChI=1S/C15H10Br2FNO3/c16-13(9-3-7-12(8-4-9)19(21)22)14(17)15(20)10-1-5-11(18)6-2-10/h1-8,13-14H. The van der Waals surface area contributed by atoms with E-state index in [2.05, 4.69) is 31.9 Å². The van der Waals surface area contributed by atoms with Gasteiger partial charge in [0.05, 0.1) is 14.6 Å². The number of nitro benzene ring substituents is 1. The van der Waals surface area contributed by atoms with Crippen LogP contribution in [0.15, 0.2) is 48.5 Å². The van der Waals surface area contributed by atoms with E-state index >= 15 is 0 Å². The number of carbonyl (C=O) groups is 1. The Bertz CT molecular complexity index is 689. The monoisotopic (exact) mass is 429 g/mol. The lowest BCUT2D eigenvalue weighted by Crippen LogP contribution is -2.19. The summed E-state index contributed by atoms with van der Waals surface area (Å²) in [6.45, 7) is 0. The normalized spacial score (nSPS) is 13.4. The fourth-order valence-corrected chi connectivity index (χ4v) is 2.97. The molecule has 114 valence electrons. The Balaban J connectivity index is 2.17. The predicted molar refractivity (Wildman–Crippen MR) is 88.2 cm³/mol. The van der Waals surface area contributed by atoms with Crippen molar-refractivity contribution in [2.75, 3.05) is 0 Å². The number of nitrogens with zero attached hydrogens (tertiary/aromatic N) is 1. The average molecular weight is 431 g/mol. The molecular formula is C15H10Br2FNO3. The molecular weight excluding hydrogens is 421 g/mol. The lowest BCUT2D eigenvalue weighted by Gasteiger charge is -2.16. The van der Waals surface area contributed by atoms with Crippen LogP contribution in [0.5, 0.6) is 0 Å². The van der Waals surface area contributed by atoms with Crippen LogP contribution < -0.4 is 0 Å². The van der Waals surface area contributed by atoms with E-state index in [0.717, 1.165) is 5.56 Å². The van der Waals surface area contributed by atoms with Crippen molar-refractivity contribution in [3.63, 3.8) is 0 Å². The maximum absolute atomic E-state index is 12.9. The first-order chi connectivity index (χ1) is 10.4. The van der Waals surface area contributed by atoms with Gasteiger partial charge in [0.2, 0.25) is 0 Å². The summed E-state index contributed by atoms with van der Waals surface area (Å²) in [6.07, 6.45) is 0. The number of hydrogen-bond donors (Lipinski definition) is 0. The van der Waals surface area contributed by atoms with Gasteiger partial charge in [0.1, 0.15) is 5.82 Å². The van der Waals surface area contributed by atoms with E-state index in [9.17, 15) is 19.3 Å². The fourth-order valence-electron chi connectivity index (χ4n) is 1.86. The smallest absolute Gasteiger partial charge is 0.269 e. The van der Waals surface area contributed by atoms with Gasteiger partial charge in [-0.3, -0.25) is 14.9 Å². The molecule has 0 aliphatic carbocycles. The zero-order valence-corrected chi connectivity index (χ0v) is 14.3. The predicted octanol–water partition coefficient (Wildman–Crippen LogP) is 4.82. The van der Waals surface area contributed by atoms with Crippen LogP contribution in [0, 0.1) is 15.9 Å². The van der Waals surface area contributed by atoms with Crippen molar-refractivity contribution in [3.05, 3.63) is 75.6 Å². The highest BCUT2D eigenvalue weighted by Gasteiger charge is 2.26. The van der Waals surface area contributed by atoms with Crippen LogP contribution in [0.1, 0.15) is 20.7 Å². The first kappa shape index (κ1) is 16.8. The van der Waals surface area contributed by atoms with Crippen LogP contribution in [0.3, 0.4) is 0 Å². The number of carbonyl (C=O) groups excluding carboxylic acids is 1. The third kappa shape index (κ3) is 3.78. The van der Waals surface area contributed by atoms with Crippen LogP contribution in [-0.2, 0) is 0 Å². The molecule has 0 fully saturated rings. The minimum atomic E-state index is -0.584. The number of nitro groups is 1. The number of non-ortho nitro benzene ring substituents is 1. The van der Waals surface area contributed by atoms with Crippen LogP contribution in [0.25, 0.3) is 0 Å². The zero-order valence-electron chi connectivity index (χ0n) is 11.1. The van der Waals surface area contributed by atoms with Gasteiger partial charge < -0.3 is 0 Å². The summed E-state index contributed by atoms with van der Waals surface area (Å²) in [5.41, 5.74) is 1.09. The number of alkyl halides is 2. The summed E-state index contributed by atoms with van der Waals surface area (Å²) in [5.74, 6) is -0.617. The Labute approximate surface area is 142 Å². The second-order valence-electron chi connectivity index (χ2n) is 4.52. The van der Waals surface area contributed by atoms with Gasteiger partial charge in [-0.1, -0.05) is 44.0 Å². The Hall–Kier alpha value is -1.60. The quantitative estimate of drug-likeness (QED) is 0.296. The van der Waals surface area contributed by atoms with Crippen LogP contribution >= 0.6 is 31.9 Å². The molecule has 0 heterocycles. The number of rotatable bonds is 5. The summed E-state index contributed by atoms with van der Waals surface area (Å²) in [6, 6.07) is 11.2. The fraction of sp³-hybridized carbons (Fsp3) is 0.133. The summed E-state index contributed by atoms with van der Waals surface area (Å²) >= 11 is 6.74. The molecule has 0 N–H and O–H groups in total. The van der Waals surface area contributed by atoms with E-state index in [0.29, 0.717) is 5.56 Å². The first-order valence-corrected chi connectivity index (χ1v) is 8.05. The van der Waals surface area contributed by atoms with Crippen molar-refractivity contribution in [1.82, 2.24) is 0 Å². The van der Waals surface area contributed by atoms with Gasteiger partial charge in [-0.05, 0) is 29.8 Å². The minimum absolute atomic E-state index is 0.0144. The maximum atomic E-state index is 12.9. The van der Waals surface area contributed by atoms with Crippen molar-refractivity contribution < 1.29 is 14.1 Å². The second kappa shape index (κ2) is 7.11. The van der Waals surface area contributed by atoms with Crippen molar-refractivity contribution in [1.29, 1.82) is 0 Å². The van der Waals surface area contributed by atoms with Gasteiger partial charge in [0.25, 0.3) is 5.69 Å². The van der Waals surface area contributed by atoms with Crippen LogP contribution in [-0.4, -0.2) is 15.5 Å². The van der Waals surface area contributed by atoms with Gasteiger partial charge in [-0.25, -0.2) is 4.39 Å². The zero-order chi connectivity index (χ0) is 16.3. The van der Waals surface area contributed by atoms with Crippen LogP contribution in [0.4, 0.5) is 10.1 Å². The molecule has 0 aliphatic rings. The summed E-state index contributed by atoms with van der Waals surface area (Å²) < 4.78 is 12.9. The SMILES string of the molecule is O=C(c1ccc(F)cc1)C(Br)C(Br)c1ccc([N+](=O)[O-])cc1.